The largest absolute Gasteiger partial charge is 0.459 e. The number of carbonyl (C=O) groups excluding carboxylic acids is 2. The summed E-state index contributed by atoms with van der Waals surface area (Å²) in [6.07, 6.45) is 8.12. The minimum absolute atomic E-state index is 0.0725. The first kappa shape index (κ1) is 27.9. The molecule has 1 aromatic carbocycles. The van der Waals surface area contributed by atoms with Crippen molar-refractivity contribution >= 4 is 21.9 Å². The molecule has 38 heavy (non-hydrogen) atoms. The van der Waals surface area contributed by atoms with Crippen LogP contribution < -0.4 is 10.0 Å². The number of carbonyl (C=O) groups is 2. The Morgan fingerprint density at radius 2 is 2.00 bits per heavy atom. The SMILES string of the molecule is CN(CC(=O)OCc1ccccc1)C(=O)/C(=C/C1=CC=CNC1)NS(=O)(=O)CC12CCC(CC1O)C2(C)C. The van der Waals surface area contributed by atoms with E-state index in [2.05, 4.69) is 10.0 Å². The van der Waals surface area contributed by atoms with E-state index in [4.69, 9.17) is 4.74 Å². The van der Waals surface area contributed by atoms with Gasteiger partial charge in [0, 0.05) is 19.0 Å². The molecule has 1 heterocycles. The fourth-order valence-corrected chi connectivity index (χ4v) is 8.01. The molecule has 206 valence electrons. The summed E-state index contributed by atoms with van der Waals surface area (Å²) in [4.78, 5) is 27.0. The van der Waals surface area contributed by atoms with E-state index < -0.39 is 33.4 Å². The Labute approximate surface area is 224 Å². The van der Waals surface area contributed by atoms with Crippen LogP contribution in [-0.4, -0.2) is 62.3 Å². The van der Waals surface area contributed by atoms with Gasteiger partial charge in [0.1, 0.15) is 18.8 Å². The van der Waals surface area contributed by atoms with Gasteiger partial charge in [-0.25, -0.2) is 8.42 Å². The summed E-state index contributed by atoms with van der Waals surface area (Å²) in [5.74, 6) is -1.29. The molecule has 3 aliphatic rings. The number of hydrogen-bond acceptors (Lipinski definition) is 7. The molecule has 2 saturated carbocycles. The number of amides is 1. The number of sulfonamides is 1. The van der Waals surface area contributed by atoms with E-state index in [1.165, 1.54) is 13.1 Å². The van der Waals surface area contributed by atoms with Crippen LogP contribution in [0.15, 0.2) is 66.0 Å². The molecule has 0 spiro atoms. The molecule has 1 aromatic rings. The lowest BCUT2D eigenvalue weighted by Crippen LogP contribution is -2.48. The van der Waals surface area contributed by atoms with Crippen LogP contribution >= 0.6 is 0 Å². The summed E-state index contributed by atoms with van der Waals surface area (Å²) >= 11 is 0. The summed E-state index contributed by atoms with van der Waals surface area (Å²) in [6.45, 7) is 4.19. The van der Waals surface area contributed by atoms with Gasteiger partial charge in [0.15, 0.2) is 0 Å². The number of esters is 1. The smallest absolute Gasteiger partial charge is 0.325 e. The quantitative estimate of drug-likeness (QED) is 0.305. The monoisotopic (exact) mass is 543 g/mol. The summed E-state index contributed by atoms with van der Waals surface area (Å²) < 4.78 is 34.8. The van der Waals surface area contributed by atoms with Crippen molar-refractivity contribution in [3.8, 4) is 0 Å². The lowest BCUT2D eigenvalue weighted by molar-refractivity contribution is -0.148. The van der Waals surface area contributed by atoms with Gasteiger partial charge < -0.3 is 20.1 Å². The third-order valence-electron chi connectivity index (χ3n) is 8.45. The van der Waals surface area contributed by atoms with E-state index in [1.54, 1.807) is 18.4 Å². The molecule has 2 bridgehead atoms. The molecule has 2 fully saturated rings. The zero-order valence-electron chi connectivity index (χ0n) is 22.1. The Hall–Kier alpha value is -3.11. The first-order chi connectivity index (χ1) is 17.9. The first-order valence-electron chi connectivity index (χ1n) is 12.9. The lowest BCUT2D eigenvalue weighted by Gasteiger charge is -2.40. The molecular formula is C28H37N3O6S. The van der Waals surface area contributed by atoms with Crippen molar-refractivity contribution in [1.29, 1.82) is 0 Å². The first-order valence-corrected chi connectivity index (χ1v) is 14.5. The highest BCUT2D eigenvalue weighted by atomic mass is 32.2. The van der Waals surface area contributed by atoms with Crippen molar-refractivity contribution in [2.24, 2.45) is 16.7 Å². The molecular weight excluding hydrogens is 506 g/mol. The van der Waals surface area contributed by atoms with Crippen LogP contribution in [0.1, 0.15) is 38.7 Å². The maximum Gasteiger partial charge on any atom is 0.325 e. The van der Waals surface area contributed by atoms with Crippen LogP contribution in [0.25, 0.3) is 0 Å². The number of likely N-dealkylation sites (N-methyl/N-ethyl adjacent to an activating group) is 1. The van der Waals surface area contributed by atoms with Crippen molar-refractivity contribution in [2.45, 2.75) is 45.8 Å². The van der Waals surface area contributed by atoms with Crippen LogP contribution in [0, 0.1) is 16.7 Å². The highest BCUT2D eigenvalue weighted by Gasteiger charge is 2.65. The maximum atomic E-state index is 13.5. The molecule has 0 radical (unpaired) electrons. The van der Waals surface area contributed by atoms with E-state index in [0.29, 0.717) is 25.0 Å². The Bertz CT molecular complexity index is 1250. The average Bonchev–Trinajstić information content (AvgIpc) is 3.22. The summed E-state index contributed by atoms with van der Waals surface area (Å²) in [7, 11) is -2.60. The second-order valence-electron chi connectivity index (χ2n) is 11.1. The standard InChI is InChI=1S/C28H37N3O6S/c1-27(2)22-11-12-28(27,24(32)15-22)19-38(35,36)30-23(14-21-10-7-13-29-16-21)26(34)31(3)17-25(33)37-18-20-8-5-4-6-9-20/h4-10,13-14,22,24,29-30,32H,11-12,15-19H2,1-3H3/b23-14-. The van der Waals surface area contributed by atoms with E-state index in [1.807, 2.05) is 44.2 Å². The van der Waals surface area contributed by atoms with Gasteiger partial charge in [-0.3, -0.25) is 14.3 Å². The Morgan fingerprint density at radius 3 is 2.61 bits per heavy atom. The van der Waals surface area contributed by atoms with Crippen molar-refractivity contribution in [3.63, 3.8) is 0 Å². The second kappa shape index (κ2) is 10.9. The fraction of sp³-hybridized carbons (Fsp3) is 0.500. The Morgan fingerprint density at radius 1 is 1.26 bits per heavy atom. The van der Waals surface area contributed by atoms with E-state index in [0.717, 1.165) is 16.9 Å². The van der Waals surface area contributed by atoms with Crippen molar-refractivity contribution in [2.75, 3.05) is 25.9 Å². The third kappa shape index (κ3) is 5.81. The average molecular weight is 544 g/mol. The second-order valence-corrected chi connectivity index (χ2v) is 12.8. The number of fused-ring (bicyclic) bond motifs is 2. The number of aliphatic hydroxyl groups is 1. The molecule has 3 atom stereocenters. The van der Waals surface area contributed by atoms with Crippen LogP contribution in [-0.2, 0) is 31.0 Å². The number of aliphatic hydroxyl groups excluding tert-OH is 1. The normalized spacial score (nSPS) is 25.9. The zero-order chi connectivity index (χ0) is 27.6. The Kier molecular flexibility index (Phi) is 8.04. The topological polar surface area (TPSA) is 125 Å². The lowest BCUT2D eigenvalue weighted by atomic mass is 9.70. The molecule has 9 nitrogen and oxygen atoms in total. The summed E-state index contributed by atoms with van der Waals surface area (Å²) in [6, 6.07) is 9.18. The number of allylic oxidation sites excluding steroid dienone is 2. The molecule has 0 saturated heterocycles. The molecule has 1 amide bonds. The van der Waals surface area contributed by atoms with E-state index in [9.17, 15) is 23.1 Å². The number of nitrogens with zero attached hydrogens (tertiary/aromatic N) is 1. The van der Waals surface area contributed by atoms with Gasteiger partial charge in [-0.15, -0.1) is 0 Å². The van der Waals surface area contributed by atoms with E-state index in [-0.39, 0.29) is 35.9 Å². The number of benzene rings is 1. The molecule has 0 aromatic heterocycles. The highest BCUT2D eigenvalue weighted by Crippen LogP contribution is 2.66. The summed E-state index contributed by atoms with van der Waals surface area (Å²) in [5, 5.41) is 13.9. The molecule has 1 aliphatic heterocycles. The molecule has 3 N–H and O–H groups in total. The van der Waals surface area contributed by atoms with Gasteiger partial charge >= 0.3 is 5.97 Å². The number of dihydropyridines is 1. The molecule has 4 rings (SSSR count). The van der Waals surface area contributed by atoms with Crippen LogP contribution in [0.3, 0.4) is 0 Å². The van der Waals surface area contributed by atoms with Crippen molar-refractivity contribution < 1.29 is 27.9 Å². The number of hydrogen-bond donors (Lipinski definition) is 3. The van der Waals surface area contributed by atoms with Gasteiger partial charge in [0.05, 0.1) is 11.9 Å². The predicted octanol–water partition coefficient (Wildman–Crippen LogP) is 2.22. The number of rotatable bonds is 10. The summed E-state index contributed by atoms with van der Waals surface area (Å²) in [5.41, 5.74) is 0.231. The van der Waals surface area contributed by atoms with Crippen molar-refractivity contribution in [1.82, 2.24) is 14.9 Å². The maximum absolute atomic E-state index is 13.5. The van der Waals surface area contributed by atoms with E-state index >= 15 is 0 Å². The fourth-order valence-electron chi connectivity index (χ4n) is 6.07. The minimum atomic E-state index is -4.02. The Balaban J connectivity index is 1.49. The van der Waals surface area contributed by atoms with Gasteiger partial charge in [-0.2, -0.15) is 0 Å². The van der Waals surface area contributed by atoms with Crippen LogP contribution in [0.2, 0.25) is 0 Å². The number of nitrogens with one attached hydrogen (secondary N) is 2. The van der Waals surface area contributed by atoms with Crippen LogP contribution in [0.5, 0.6) is 0 Å². The number of ether oxygens (including phenoxy) is 1. The van der Waals surface area contributed by atoms with Crippen molar-refractivity contribution in [3.05, 3.63) is 71.6 Å². The van der Waals surface area contributed by atoms with Gasteiger partial charge in [-0.05, 0) is 60.1 Å². The molecule has 3 unspecified atom stereocenters. The van der Waals surface area contributed by atoms with Crippen LogP contribution in [0.4, 0.5) is 0 Å². The third-order valence-corrected chi connectivity index (χ3v) is 9.87. The molecule has 10 heteroatoms. The highest BCUT2D eigenvalue weighted by molar-refractivity contribution is 7.89. The minimum Gasteiger partial charge on any atom is -0.459 e. The molecule has 2 aliphatic carbocycles. The zero-order valence-corrected chi connectivity index (χ0v) is 23.0. The van der Waals surface area contributed by atoms with Gasteiger partial charge in [-0.1, -0.05) is 50.3 Å². The predicted molar refractivity (Wildman–Crippen MR) is 144 cm³/mol. The van der Waals surface area contributed by atoms with Gasteiger partial charge in [0.25, 0.3) is 5.91 Å². The van der Waals surface area contributed by atoms with Gasteiger partial charge in [0.2, 0.25) is 10.0 Å².